The van der Waals surface area contributed by atoms with Gasteiger partial charge in [0.15, 0.2) is 0 Å². The molecule has 20 heavy (non-hydrogen) atoms. The van der Waals surface area contributed by atoms with Crippen LogP contribution in [0, 0.1) is 0 Å². The fourth-order valence-corrected chi connectivity index (χ4v) is 2.80. The van der Waals surface area contributed by atoms with Crippen molar-refractivity contribution in [1.29, 1.82) is 0 Å². The van der Waals surface area contributed by atoms with Gasteiger partial charge in [-0.15, -0.1) is 0 Å². The van der Waals surface area contributed by atoms with Crippen LogP contribution in [0.1, 0.15) is 31.2 Å². The Hall–Kier alpha value is -1.39. The van der Waals surface area contributed by atoms with E-state index in [1.54, 1.807) is 5.01 Å². The number of carbonyl (C=O) groups excluding carboxylic acids is 1. The zero-order valence-electron chi connectivity index (χ0n) is 11.4. The van der Waals surface area contributed by atoms with E-state index in [1.807, 2.05) is 24.3 Å². The highest BCUT2D eigenvalue weighted by Gasteiger charge is 2.24. The van der Waals surface area contributed by atoms with Crippen LogP contribution < -0.4 is 0 Å². The normalized spacial score (nSPS) is 20.4. The Morgan fingerprint density at radius 1 is 1.10 bits per heavy atom. The van der Waals surface area contributed by atoms with Crippen LogP contribution in [0.3, 0.4) is 0 Å². The lowest BCUT2D eigenvalue weighted by molar-refractivity contribution is -0.133. The summed E-state index contributed by atoms with van der Waals surface area (Å²) in [4.78, 5) is 14.3. The van der Waals surface area contributed by atoms with Gasteiger partial charge in [-0.3, -0.25) is 9.69 Å². The van der Waals surface area contributed by atoms with Gasteiger partial charge in [-0.2, -0.15) is 5.10 Å². The summed E-state index contributed by atoms with van der Waals surface area (Å²) in [6.45, 7) is 2.75. The van der Waals surface area contributed by atoms with E-state index in [0.717, 1.165) is 29.4 Å². The molecule has 0 bridgehead atoms. The third-order valence-corrected chi connectivity index (χ3v) is 4.07. The van der Waals surface area contributed by atoms with Crippen molar-refractivity contribution in [3.63, 3.8) is 0 Å². The molecule has 1 fully saturated rings. The standard InChI is InChI=1S/C15H18ClN3O/c16-13-5-3-12(4-6-13)14-7-8-15(20)19(17-14)11-18-9-1-2-10-18/h3-6H,1-2,7-11H2. The molecule has 0 spiro atoms. The molecule has 0 saturated carbocycles. The smallest absolute Gasteiger partial charge is 0.244 e. The molecule has 0 N–H and O–H groups in total. The van der Waals surface area contributed by atoms with Crippen molar-refractivity contribution in [2.45, 2.75) is 25.7 Å². The van der Waals surface area contributed by atoms with E-state index in [9.17, 15) is 4.79 Å². The molecule has 4 nitrogen and oxygen atoms in total. The lowest BCUT2D eigenvalue weighted by atomic mass is 10.0. The summed E-state index contributed by atoms with van der Waals surface area (Å²) in [6.07, 6.45) is 3.68. The van der Waals surface area contributed by atoms with Gasteiger partial charge in [0.05, 0.1) is 12.4 Å². The largest absolute Gasteiger partial charge is 0.284 e. The molecule has 1 saturated heterocycles. The molecular formula is C15H18ClN3O. The molecular weight excluding hydrogens is 274 g/mol. The Bertz CT molecular complexity index is 520. The number of carbonyl (C=O) groups is 1. The summed E-state index contributed by atoms with van der Waals surface area (Å²) in [5.74, 6) is 0.120. The van der Waals surface area contributed by atoms with Gasteiger partial charge in [0, 0.05) is 17.9 Å². The van der Waals surface area contributed by atoms with Crippen molar-refractivity contribution in [2.75, 3.05) is 19.8 Å². The first-order valence-corrected chi connectivity index (χ1v) is 7.46. The molecule has 2 heterocycles. The van der Waals surface area contributed by atoms with Crippen molar-refractivity contribution in [2.24, 2.45) is 5.10 Å². The fourth-order valence-electron chi connectivity index (χ4n) is 2.67. The van der Waals surface area contributed by atoms with Gasteiger partial charge >= 0.3 is 0 Å². The van der Waals surface area contributed by atoms with Gasteiger partial charge < -0.3 is 0 Å². The minimum atomic E-state index is 0.120. The van der Waals surface area contributed by atoms with Crippen LogP contribution in [-0.4, -0.2) is 41.3 Å². The Morgan fingerprint density at radius 2 is 1.80 bits per heavy atom. The number of hydrogen-bond donors (Lipinski definition) is 0. The summed E-state index contributed by atoms with van der Waals surface area (Å²) in [7, 11) is 0. The van der Waals surface area contributed by atoms with E-state index in [-0.39, 0.29) is 5.91 Å². The van der Waals surface area contributed by atoms with Gasteiger partial charge in [0.25, 0.3) is 0 Å². The molecule has 3 rings (SSSR count). The van der Waals surface area contributed by atoms with Crippen molar-refractivity contribution in [3.8, 4) is 0 Å². The zero-order chi connectivity index (χ0) is 13.9. The second kappa shape index (κ2) is 5.94. The number of likely N-dealkylation sites (tertiary alicyclic amines) is 1. The van der Waals surface area contributed by atoms with E-state index >= 15 is 0 Å². The number of rotatable bonds is 3. The van der Waals surface area contributed by atoms with Crippen molar-refractivity contribution < 1.29 is 4.79 Å². The quantitative estimate of drug-likeness (QED) is 0.858. The molecule has 2 aliphatic rings. The Kier molecular flexibility index (Phi) is 4.03. The molecule has 2 aliphatic heterocycles. The minimum Gasteiger partial charge on any atom is -0.284 e. The summed E-state index contributed by atoms with van der Waals surface area (Å²) >= 11 is 5.90. The molecule has 0 radical (unpaired) electrons. The number of halogens is 1. The van der Waals surface area contributed by atoms with E-state index in [0.29, 0.717) is 19.5 Å². The summed E-state index contributed by atoms with van der Waals surface area (Å²) < 4.78 is 0. The fraction of sp³-hybridized carbons (Fsp3) is 0.467. The highest BCUT2D eigenvalue weighted by atomic mass is 35.5. The summed E-state index contributed by atoms with van der Waals surface area (Å²) in [6, 6.07) is 7.65. The van der Waals surface area contributed by atoms with Crippen LogP contribution in [0.4, 0.5) is 0 Å². The Morgan fingerprint density at radius 3 is 2.50 bits per heavy atom. The first kappa shape index (κ1) is 13.6. The molecule has 106 valence electrons. The lowest BCUT2D eigenvalue weighted by Crippen LogP contribution is -2.40. The second-order valence-corrected chi connectivity index (χ2v) is 5.75. The number of nitrogens with zero attached hydrogens (tertiary/aromatic N) is 3. The van der Waals surface area contributed by atoms with Crippen LogP contribution in [0.5, 0.6) is 0 Å². The summed E-state index contributed by atoms with van der Waals surface area (Å²) in [5.41, 5.74) is 2.02. The monoisotopic (exact) mass is 291 g/mol. The van der Waals surface area contributed by atoms with E-state index in [1.165, 1.54) is 12.8 Å². The van der Waals surface area contributed by atoms with Crippen LogP contribution >= 0.6 is 11.6 Å². The predicted octanol–water partition coefficient (Wildman–Crippen LogP) is 2.72. The van der Waals surface area contributed by atoms with Gasteiger partial charge in [-0.05, 0) is 43.6 Å². The topological polar surface area (TPSA) is 35.9 Å². The van der Waals surface area contributed by atoms with Crippen LogP contribution in [0.15, 0.2) is 29.4 Å². The Balaban J connectivity index is 1.76. The number of hydrogen-bond acceptors (Lipinski definition) is 3. The van der Waals surface area contributed by atoms with Crippen LogP contribution in [0.2, 0.25) is 5.02 Å². The van der Waals surface area contributed by atoms with Gasteiger partial charge in [-0.25, -0.2) is 5.01 Å². The average Bonchev–Trinajstić information content (AvgIpc) is 2.95. The van der Waals surface area contributed by atoms with Crippen molar-refractivity contribution in [3.05, 3.63) is 34.9 Å². The maximum Gasteiger partial charge on any atom is 0.244 e. The predicted molar refractivity (Wildman–Crippen MR) is 79.7 cm³/mol. The SMILES string of the molecule is O=C1CCC(c2ccc(Cl)cc2)=NN1CN1CCCC1. The lowest BCUT2D eigenvalue weighted by Gasteiger charge is -2.27. The second-order valence-electron chi connectivity index (χ2n) is 5.31. The number of hydrazone groups is 1. The molecule has 0 unspecified atom stereocenters. The molecule has 0 atom stereocenters. The molecule has 5 heteroatoms. The van der Waals surface area contributed by atoms with Crippen molar-refractivity contribution in [1.82, 2.24) is 9.91 Å². The minimum absolute atomic E-state index is 0.120. The number of benzene rings is 1. The maximum atomic E-state index is 12.0. The first-order chi connectivity index (χ1) is 9.72. The van der Waals surface area contributed by atoms with Gasteiger partial charge in [0.1, 0.15) is 0 Å². The Labute approximate surface area is 124 Å². The highest BCUT2D eigenvalue weighted by molar-refractivity contribution is 6.30. The summed E-state index contributed by atoms with van der Waals surface area (Å²) in [5, 5.41) is 6.88. The molecule has 1 aromatic carbocycles. The average molecular weight is 292 g/mol. The van der Waals surface area contributed by atoms with Gasteiger partial charge in [0.2, 0.25) is 5.91 Å². The van der Waals surface area contributed by atoms with Gasteiger partial charge in [-0.1, -0.05) is 23.7 Å². The molecule has 0 aromatic heterocycles. The van der Waals surface area contributed by atoms with Crippen molar-refractivity contribution >= 4 is 23.2 Å². The van der Waals surface area contributed by atoms with Crippen LogP contribution in [-0.2, 0) is 4.79 Å². The highest BCUT2D eigenvalue weighted by Crippen LogP contribution is 2.18. The third-order valence-electron chi connectivity index (χ3n) is 3.82. The molecule has 1 amide bonds. The first-order valence-electron chi connectivity index (χ1n) is 7.08. The zero-order valence-corrected chi connectivity index (χ0v) is 12.1. The van der Waals surface area contributed by atoms with Crippen LogP contribution in [0.25, 0.3) is 0 Å². The van der Waals surface area contributed by atoms with E-state index in [4.69, 9.17) is 11.6 Å². The molecule has 0 aliphatic carbocycles. The van der Waals surface area contributed by atoms with E-state index in [2.05, 4.69) is 10.0 Å². The third kappa shape index (κ3) is 3.02. The maximum absolute atomic E-state index is 12.0. The van der Waals surface area contributed by atoms with E-state index < -0.39 is 0 Å². The molecule has 1 aromatic rings. The number of amides is 1.